The van der Waals surface area contributed by atoms with E-state index in [9.17, 15) is 4.79 Å². The number of ether oxygens (including phenoxy) is 3. The monoisotopic (exact) mass is 347 g/mol. The molecule has 2 saturated heterocycles. The number of carbonyl (C=O) groups excluding carboxylic acids is 1. The zero-order chi connectivity index (χ0) is 17.6. The molecule has 2 fully saturated rings. The number of hydrogen-bond acceptors (Lipinski definition) is 4. The summed E-state index contributed by atoms with van der Waals surface area (Å²) in [5, 5.41) is 0. The second-order valence-corrected chi connectivity index (χ2v) is 7.17. The highest BCUT2D eigenvalue weighted by Crippen LogP contribution is 2.25. The molecule has 0 spiro atoms. The van der Waals surface area contributed by atoms with Gasteiger partial charge in [0.15, 0.2) is 6.29 Å². The SMILES string of the molecule is CC(C)c1ccc(OCCC(=O)N2CCCC(C3OCCO3)C2)cc1. The Morgan fingerprint density at radius 1 is 1.24 bits per heavy atom. The van der Waals surface area contributed by atoms with Crippen molar-refractivity contribution in [2.45, 2.75) is 45.3 Å². The van der Waals surface area contributed by atoms with E-state index in [1.165, 1.54) is 5.56 Å². The van der Waals surface area contributed by atoms with Crippen molar-refractivity contribution >= 4 is 5.91 Å². The quantitative estimate of drug-likeness (QED) is 0.793. The fourth-order valence-electron chi connectivity index (χ4n) is 3.47. The molecular formula is C20H29NO4. The van der Waals surface area contributed by atoms with Gasteiger partial charge >= 0.3 is 0 Å². The number of piperidine rings is 1. The van der Waals surface area contributed by atoms with E-state index in [0.29, 0.717) is 38.1 Å². The summed E-state index contributed by atoms with van der Waals surface area (Å²) in [7, 11) is 0. The standard InChI is InChI=1S/C20H29NO4/c1-15(2)16-5-7-18(8-6-16)23-11-9-19(22)21-10-3-4-17(14-21)20-24-12-13-25-20/h5-8,15,17,20H,3-4,9-14H2,1-2H3. The van der Waals surface area contributed by atoms with Crippen LogP contribution in [0.2, 0.25) is 0 Å². The molecule has 1 atom stereocenters. The highest BCUT2D eigenvalue weighted by atomic mass is 16.7. The van der Waals surface area contributed by atoms with Gasteiger partial charge in [-0.2, -0.15) is 0 Å². The molecule has 25 heavy (non-hydrogen) atoms. The van der Waals surface area contributed by atoms with E-state index in [1.807, 2.05) is 17.0 Å². The van der Waals surface area contributed by atoms with Gasteiger partial charge in [0.05, 0.1) is 26.2 Å². The van der Waals surface area contributed by atoms with Gasteiger partial charge in [-0.15, -0.1) is 0 Å². The topological polar surface area (TPSA) is 48.0 Å². The number of nitrogens with zero attached hydrogens (tertiary/aromatic N) is 1. The Kier molecular flexibility index (Phi) is 6.32. The molecule has 1 unspecified atom stereocenters. The van der Waals surface area contributed by atoms with Crippen LogP contribution in [0.4, 0.5) is 0 Å². The van der Waals surface area contributed by atoms with Gasteiger partial charge in [-0.05, 0) is 36.5 Å². The molecule has 1 aromatic carbocycles. The molecule has 5 heteroatoms. The van der Waals surface area contributed by atoms with Crippen LogP contribution in [0.15, 0.2) is 24.3 Å². The second kappa shape index (κ2) is 8.68. The Hall–Kier alpha value is -1.59. The second-order valence-electron chi connectivity index (χ2n) is 7.17. The van der Waals surface area contributed by atoms with Crippen LogP contribution in [0.25, 0.3) is 0 Å². The summed E-state index contributed by atoms with van der Waals surface area (Å²) in [6, 6.07) is 8.12. The summed E-state index contributed by atoms with van der Waals surface area (Å²) in [6.45, 7) is 7.64. The maximum Gasteiger partial charge on any atom is 0.226 e. The van der Waals surface area contributed by atoms with E-state index in [2.05, 4.69) is 26.0 Å². The van der Waals surface area contributed by atoms with E-state index < -0.39 is 0 Å². The number of amides is 1. The van der Waals surface area contributed by atoms with Crippen LogP contribution >= 0.6 is 0 Å². The molecule has 0 radical (unpaired) electrons. The minimum atomic E-state index is -0.133. The van der Waals surface area contributed by atoms with Gasteiger partial charge in [-0.1, -0.05) is 26.0 Å². The number of likely N-dealkylation sites (tertiary alicyclic amines) is 1. The third kappa shape index (κ3) is 4.95. The Morgan fingerprint density at radius 3 is 2.64 bits per heavy atom. The van der Waals surface area contributed by atoms with Gasteiger partial charge in [0.2, 0.25) is 5.91 Å². The highest BCUT2D eigenvalue weighted by Gasteiger charge is 2.32. The molecule has 1 aromatic rings. The number of benzene rings is 1. The van der Waals surface area contributed by atoms with E-state index in [0.717, 1.165) is 31.7 Å². The fraction of sp³-hybridized carbons (Fsp3) is 0.650. The first-order valence-electron chi connectivity index (χ1n) is 9.37. The highest BCUT2D eigenvalue weighted by molar-refractivity contribution is 5.76. The smallest absolute Gasteiger partial charge is 0.226 e. The van der Waals surface area contributed by atoms with Gasteiger partial charge in [-0.3, -0.25) is 4.79 Å². The molecule has 3 rings (SSSR count). The van der Waals surface area contributed by atoms with Crippen molar-refractivity contribution in [3.05, 3.63) is 29.8 Å². The third-order valence-corrected chi connectivity index (χ3v) is 4.97. The van der Waals surface area contributed by atoms with Crippen LogP contribution in [0.5, 0.6) is 5.75 Å². The normalized spacial score (nSPS) is 21.7. The molecule has 0 aromatic heterocycles. The largest absolute Gasteiger partial charge is 0.493 e. The molecule has 2 aliphatic rings. The van der Waals surface area contributed by atoms with E-state index in [4.69, 9.17) is 14.2 Å². The predicted molar refractivity (Wildman–Crippen MR) is 95.6 cm³/mol. The number of carbonyl (C=O) groups is 1. The first-order chi connectivity index (χ1) is 12.1. The van der Waals surface area contributed by atoms with Crippen LogP contribution in [0.3, 0.4) is 0 Å². The van der Waals surface area contributed by atoms with Crippen molar-refractivity contribution in [1.82, 2.24) is 4.90 Å². The van der Waals surface area contributed by atoms with Crippen LogP contribution < -0.4 is 4.74 Å². The minimum Gasteiger partial charge on any atom is -0.493 e. The molecule has 0 aliphatic carbocycles. The van der Waals surface area contributed by atoms with Crippen LogP contribution in [-0.4, -0.2) is 50.0 Å². The molecule has 2 aliphatic heterocycles. The fourth-order valence-corrected chi connectivity index (χ4v) is 3.47. The van der Waals surface area contributed by atoms with Crippen molar-refractivity contribution in [3.8, 4) is 5.75 Å². The lowest BCUT2D eigenvalue weighted by atomic mass is 9.97. The lowest BCUT2D eigenvalue weighted by molar-refractivity contribution is -0.139. The molecule has 0 saturated carbocycles. The summed E-state index contributed by atoms with van der Waals surface area (Å²) < 4.78 is 16.9. The molecule has 0 N–H and O–H groups in total. The summed E-state index contributed by atoms with van der Waals surface area (Å²) in [6.07, 6.45) is 2.35. The van der Waals surface area contributed by atoms with Crippen LogP contribution in [0, 0.1) is 5.92 Å². The maximum absolute atomic E-state index is 12.5. The average Bonchev–Trinajstić information content (AvgIpc) is 3.17. The summed E-state index contributed by atoms with van der Waals surface area (Å²) in [5.41, 5.74) is 1.29. The molecule has 5 nitrogen and oxygen atoms in total. The van der Waals surface area contributed by atoms with E-state index in [1.54, 1.807) is 0 Å². The number of hydrogen-bond donors (Lipinski definition) is 0. The van der Waals surface area contributed by atoms with Gasteiger partial charge in [0, 0.05) is 19.0 Å². The number of rotatable bonds is 6. The lowest BCUT2D eigenvalue weighted by Crippen LogP contribution is -2.44. The molecule has 2 heterocycles. The van der Waals surface area contributed by atoms with Crippen molar-refractivity contribution in [1.29, 1.82) is 0 Å². The van der Waals surface area contributed by atoms with Gasteiger partial charge in [0.25, 0.3) is 0 Å². The minimum absolute atomic E-state index is 0.133. The van der Waals surface area contributed by atoms with E-state index >= 15 is 0 Å². The summed E-state index contributed by atoms with van der Waals surface area (Å²) in [4.78, 5) is 14.4. The van der Waals surface area contributed by atoms with Gasteiger partial charge < -0.3 is 19.1 Å². The van der Waals surface area contributed by atoms with Gasteiger partial charge in [0.1, 0.15) is 5.75 Å². The Bertz CT molecular complexity index is 551. The zero-order valence-corrected chi connectivity index (χ0v) is 15.3. The molecule has 138 valence electrons. The maximum atomic E-state index is 12.5. The zero-order valence-electron chi connectivity index (χ0n) is 15.3. The molecule has 0 bridgehead atoms. The molecular weight excluding hydrogens is 318 g/mol. The average molecular weight is 347 g/mol. The molecule has 1 amide bonds. The van der Waals surface area contributed by atoms with Crippen molar-refractivity contribution in [2.75, 3.05) is 32.9 Å². The Labute approximate surface area is 150 Å². The van der Waals surface area contributed by atoms with Crippen LogP contribution in [-0.2, 0) is 14.3 Å². The summed E-state index contributed by atoms with van der Waals surface area (Å²) >= 11 is 0. The lowest BCUT2D eigenvalue weighted by Gasteiger charge is -2.34. The van der Waals surface area contributed by atoms with Crippen molar-refractivity contribution in [3.63, 3.8) is 0 Å². The Balaban J connectivity index is 1.42. The first kappa shape index (κ1) is 18.2. The predicted octanol–water partition coefficient (Wildman–Crippen LogP) is 3.19. The van der Waals surface area contributed by atoms with E-state index in [-0.39, 0.29) is 12.2 Å². The van der Waals surface area contributed by atoms with Crippen molar-refractivity contribution < 1.29 is 19.0 Å². The Morgan fingerprint density at radius 2 is 1.96 bits per heavy atom. The van der Waals surface area contributed by atoms with Crippen LogP contribution in [0.1, 0.15) is 44.6 Å². The first-order valence-corrected chi connectivity index (χ1v) is 9.37. The van der Waals surface area contributed by atoms with Crippen molar-refractivity contribution in [2.24, 2.45) is 5.92 Å². The van der Waals surface area contributed by atoms with Gasteiger partial charge in [-0.25, -0.2) is 0 Å². The summed E-state index contributed by atoms with van der Waals surface area (Å²) in [5.74, 6) is 1.78. The third-order valence-electron chi connectivity index (χ3n) is 4.97.